The van der Waals surface area contributed by atoms with E-state index in [0.717, 1.165) is 5.56 Å². The zero-order chi connectivity index (χ0) is 21.0. The molecule has 29 heavy (non-hydrogen) atoms. The molecule has 150 valence electrons. The molecule has 0 aliphatic carbocycles. The van der Waals surface area contributed by atoms with Crippen molar-refractivity contribution in [3.8, 4) is 0 Å². The minimum absolute atomic E-state index is 0.296. The van der Waals surface area contributed by atoms with Crippen molar-refractivity contribution in [3.05, 3.63) is 64.7 Å². The molecule has 2 amide bonds. The van der Waals surface area contributed by atoms with E-state index in [-0.39, 0.29) is 18.4 Å². The van der Waals surface area contributed by atoms with Crippen molar-refractivity contribution in [2.24, 2.45) is 10.8 Å². The van der Waals surface area contributed by atoms with Crippen molar-refractivity contribution >= 4 is 29.3 Å². The first-order valence-corrected chi connectivity index (χ1v) is 8.94. The number of fused-ring (bicyclic) bond motifs is 1. The molecule has 0 radical (unpaired) electrons. The van der Waals surface area contributed by atoms with Gasteiger partial charge in [0, 0.05) is 36.0 Å². The monoisotopic (exact) mass is 395 g/mol. The molecule has 0 unspecified atom stereocenters. The van der Waals surface area contributed by atoms with Gasteiger partial charge in [-0.05, 0) is 42.3 Å². The molecule has 0 fully saturated rings. The fourth-order valence-electron chi connectivity index (χ4n) is 3.11. The number of carbonyl (C=O) groups excluding carboxylic acids is 2. The molecule has 1 heterocycles. The number of benzene rings is 2. The predicted octanol–water partition coefficient (Wildman–Crippen LogP) is 0.862. The van der Waals surface area contributed by atoms with Gasteiger partial charge in [-0.15, -0.1) is 0 Å². The Labute approximate surface area is 167 Å². The smallest absolute Gasteiger partial charge is 0.323 e. The lowest BCUT2D eigenvalue weighted by Gasteiger charge is -2.27. The van der Waals surface area contributed by atoms with E-state index in [1.165, 1.54) is 4.90 Å². The number of aliphatic carboxylic acids is 1. The summed E-state index contributed by atoms with van der Waals surface area (Å²) in [5, 5.41) is 15.6. The molecule has 0 atom stereocenters. The number of nitrogens with two attached hydrogens (primary N) is 1. The second kappa shape index (κ2) is 8.42. The zero-order valence-corrected chi connectivity index (χ0v) is 15.8. The predicted molar refractivity (Wildman–Crippen MR) is 108 cm³/mol. The number of hydrogen-bond acceptors (Lipinski definition) is 5. The van der Waals surface area contributed by atoms with E-state index in [1.54, 1.807) is 49.5 Å². The standard InChI is InChI=1S/C20H21N5O4/c1-22-24-18(21)12-2-4-13(5-3-12)19(28)23-15-6-7-16-14(10-15)8-9-25(20(16)29)11-17(26)27/h2-7,10,22H,8-9,11H2,1H3,(H2,21,24)(H,23,28)(H,26,27). The summed E-state index contributed by atoms with van der Waals surface area (Å²) in [6, 6.07) is 11.7. The molecule has 0 spiro atoms. The van der Waals surface area contributed by atoms with Crippen LogP contribution in [0.15, 0.2) is 47.6 Å². The normalized spacial score (nSPS) is 13.6. The Morgan fingerprint density at radius 1 is 1.17 bits per heavy atom. The van der Waals surface area contributed by atoms with Gasteiger partial charge in [0.25, 0.3) is 11.8 Å². The Kier molecular flexibility index (Phi) is 5.77. The van der Waals surface area contributed by atoms with Gasteiger partial charge in [0.1, 0.15) is 6.54 Å². The second-order valence-corrected chi connectivity index (χ2v) is 6.49. The summed E-state index contributed by atoms with van der Waals surface area (Å²) in [4.78, 5) is 37.1. The van der Waals surface area contributed by atoms with Gasteiger partial charge in [-0.3, -0.25) is 14.4 Å². The van der Waals surface area contributed by atoms with Gasteiger partial charge in [0.05, 0.1) is 0 Å². The van der Waals surface area contributed by atoms with E-state index < -0.39 is 5.97 Å². The van der Waals surface area contributed by atoms with E-state index in [1.807, 2.05) is 0 Å². The molecule has 1 aliphatic rings. The summed E-state index contributed by atoms with van der Waals surface area (Å²) < 4.78 is 0. The molecule has 5 N–H and O–H groups in total. The number of nitrogens with zero attached hydrogens (tertiary/aromatic N) is 2. The SMILES string of the molecule is CN/N=C(\N)c1ccc(C(=O)Nc2ccc3c(c2)CCN(CC(=O)O)C3=O)cc1. The summed E-state index contributed by atoms with van der Waals surface area (Å²) in [6.45, 7) is 0.00286. The van der Waals surface area contributed by atoms with Crippen LogP contribution in [0.3, 0.4) is 0 Å². The second-order valence-electron chi connectivity index (χ2n) is 6.49. The lowest BCUT2D eigenvalue weighted by Crippen LogP contribution is -2.40. The fourth-order valence-corrected chi connectivity index (χ4v) is 3.11. The number of amidine groups is 1. The number of carboxylic acid groups (broad SMARTS) is 1. The van der Waals surface area contributed by atoms with Gasteiger partial charge in [0.2, 0.25) is 0 Å². The molecule has 2 aromatic rings. The van der Waals surface area contributed by atoms with E-state index in [0.29, 0.717) is 41.2 Å². The van der Waals surface area contributed by atoms with Crippen molar-refractivity contribution < 1.29 is 19.5 Å². The van der Waals surface area contributed by atoms with Crippen LogP contribution >= 0.6 is 0 Å². The summed E-state index contributed by atoms with van der Waals surface area (Å²) in [5.74, 6) is -1.34. The van der Waals surface area contributed by atoms with E-state index in [4.69, 9.17) is 10.8 Å². The molecule has 3 rings (SSSR count). The van der Waals surface area contributed by atoms with Gasteiger partial charge < -0.3 is 26.5 Å². The molecule has 9 heteroatoms. The first kappa shape index (κ1) is 19.9. The van der Waals surface area contributed by atoms with Crippen LogP contribution in [0, 0.1) is 0 Å². The van der Waals surface area contributed by atoms with Crippen LogP contribution in [-0.2, 0) is 11.2 Å². The minimum Gasteiger partial charge on any atom is -0.480 e. The topological polar surface area (TPSA) is 137 Å². The average molecular weight is 395 g/mol. The Morgan fingerprint density at radius 2 is 1.86 bits per heavy atom. The summed E-state index contributed by atoms with van der Waals surface area (Å²) in [7, 11) is 1.64. The highest BCUT2D eigenvalue weighted by molar-refractivity contribution is 6.06. The highest BCUT2D eigenvalue weighted by Crippen LogP contribution is 2.23. The quantitative estimate of drug-likeness (QED) is 0.325. The molecule has 0 saturated heterocycles. The van der Waals surface area contributed by atoms with Gasteiger partial charge in [-0.2, -0.15) is 5.10 Å². The highest BCUT2D eigenvalue weighted by atomic mass is 16.4. The van der Waals surface area contributed by atoms with Crippen LogP contribution in [0.5, 0.6) is 0 Å². The van der Waals surface area contributed by atoms with Crippen LogP contribution in [0.1, 0.15) is 31.8 Å². The maximum atomic E-state index is 12.5. The van der Waals surface area contributed by atoms with Crippen LogP contribution in [0.2, 0.25) is 0 Å². The number of carboxylic acids is 1. The zero-order valence-electron chi connectivity index (χ0n) is 15.8. The molecule has 1 aliphatic heterocycles. The molecule has 0 bridgehead atoms. The van der Waals surface area contributed by atoms with Gasteiger partial charge in [-0.25, -0.2) is 0 Å². The lowest BCUT2D eigenvalue weighted by molar-refractivity contribution is -0.137. The Balaban J connectivity index is 1.71. The number of hydrazone groups is 1. The molecule has 9 nitrogen and oxygen atoms in total. The molecular formula is C20H21N5O4. The van der Waals surface area contributed by atoms with Crippen LogP contribution in [0.25, 0.3) is 0 Å². The number of nitrogens with one attached hydrogen (secondary N) is 2. The van der Waals surface area contributed by atoms with Crippen LogP contribution in [-0.4, -0.2) is 53.8 Å². The number of anilines is 1. The van der Waals surface area contributed by atoms with Crippen molar-refractivity contribution in [1.82, 2.24) is 10.3 Å². The largest absolute Gasteiger partial charge is 0.480 e. The van der Waals surface area contributed by atoms with E-state index in [2.05, 4.69) is 15.8 Å². The van der Waals surface area contributed by atoms with Crippen LogP contribution in [0.4, 0.5) is 5.69 Å². The van der Waals surface area contributed by atoms with E-state index in [9.17, 15) is 14.4 Å². The molecular weight excluding hydrogens is 374 g/mol. The highest BCUT2D eigenvalue weighted by Gasteiger charge is 2.26. The Hall–Kier alpha value is -3.88. The van der Waals surface area contributed by atoms with Crippen LogP contribution < -0.4 is 16.5 Å². The third kappa shape index (κ3) is 4.52. The maximum Gasteiger partial charge on any atom is 0.323 e. The summed E-state index contributed by atoms with van der Waals surface area (Å²) >= 11 is 0. The number of amides is 2. The Bertz CT molecular complexity index is 985. The first-order chi connectivity index (χ1) is 13.9. The number of hydrogen-bond donors (Lipinski definition) is 4. The minimum atomic E-state index is -1.05. The van der Waals surface area contributed by atoms with Gasteiger partial charge >= 0.3 is 5.97 Å². The Morgan fingerprint density at radius 3 is 2.52 bits per heavy atom. The lowest BCUT2D eigenvalue weighted by atomic mass is 9.98. The molecule has 0 aromatic heterocycles. The van der Waals surface area contributed by atoms with Gasteiger partial charge in [0.15, 0.2) is 5.84 Å². The molecule has 0 saturated carbocycles. The van der Waals surface area contributed by atoms with Crippen molar-refractivity contribution in [2.75, 3.05) is 25.5 Å². The van der Waals surface area contributed by atoms with E-state index >= 15 is 0 Å². The maximum absolute atomic E-state index is 12.5. The molecule has 2 aromatic carbocycles. The fraction of sp³-hybridized carbons (Fsp3) is 0.200. The van der Waals surface area contributed by atoms with Gasteiger partial charge in [-0.1, -0.05) is 12.1 Å². The third-order valence-electron chi connectivity index (χ3n) is 4.53. The average Bonchev–Trinajstić information content (AvgIpc) is 2.70. The third-order valence-corrected chi connectivity index (χ3v) is 4.53. The van der Waals surface area contributed by atoms with Crippen molar-refractivity contribution in [3.63, 3.8) is 0 Å². The summed E-state index contributed by atoms with van der Waals surface area (Å²) in [5.41, 5.74) is 11.3. The number of carbonyl (C=O) groups is 3. The summed E-state index contributed by atoms with van der Waals surface area (Å²) in [6.07, 6.45) is 0.525. The number of rotatable bonds is 6. The first-order valence-electron chi connectivity index (χ1n) is 8.94. The van der Waals surface area contributed by atoms with Crippen molar-refractivity contribution in [2.45, 2.75) is 6.42 Å². The van der Waals surface area contributed by atoms with Crippen molar-refractivity contribution in [1.29, 1.82) is 0 Å².